The Bertz CT molecular complexity index is 423. The van der Waals surface area contributed by atoms with Crippen molar-refractivity contribution >= 4 is 0 Å². The lowest BCUT2D eigenvalue weighted by Gasteiger charge is -2.07. The average Bonchev–Trinajstić information content (AvgIpc) is 2.49. The molecule has 20 heavy (non-hydrogen) atoms. The first-order valence-electron chi connectivity index (χ1n) is 7.46. The fourth-order valence-electron chi connectivity index (χ4n) is 2.09. The Hall–Kier alpha value is -1.53. The molecule has 0 unspecified atom stereocenters. The second-order valence-corrected chi connectivity index (χ2v) is 4.97. The van der Waals surface area contributed by atoms with Crippen molar-refractivity contribution in [2.75, 3.05) is 13.7 Å². The molecule has 0 fully saturated rings. The second-order valence-electron chi connectivity index (χ2n) is 4.97. The molecule has 1 aromatic rings. The van der Waals surface area contributed by atoms with E-state index in [2.05, 4.69) is 13.0 Å². The van der Waals surface area contributed by atoms with Gasteiger partial charge in [-0.05, 0) is 24.1 Å². The highest BCUT2D eigenvalue weighted by Crippen LogP contribution is 2.19. The number of methoxy groups -OCH3 is 1. The van der Waals surface area contributed by atoms with Crippen LogP contribution >= 0.6 is 0 Å². The molecule has 0 radical (unpaired) electrons. The molecule has 3 nitrogen and oxygen atoms in total. The summed E-state index contributed by atoms with van der Waals surface area (Å²) in [5.74, 6) is 0.619. The minimum absolute atomic E-state index is 0.562. The van der Waals surface area contributed by atoms with E-state index >= 15 is 0 Å². The highest BCUT2D eigenvalue weighted by Gasteiger charge is 2.03. The Morgan fingerprint density at radius 3 is 2.55 bits per heavy atom. The molecule has 1 aromatic carbocycles. The summed E-state index contributed by atoms with van der Waals surface area (Å²) < 4.78 is 10.8. The Morgan fingerprint density at radius 2 is 1.85 bits per heavy atom. The summed E-state index contributed by atoms with van der Waals surface area (Å²) in [6, 6.07) is 7.68. The van der Waals surface area contributed by atoms with E-state index in [9.17, 15) is 0 Å². The van der Waals surface area contributed by atoms with E-state index < -0.39 is 0 Å². The Labute approximate surface area is 122 Å². The molecule has 0 aliphatic heterocycles. The smallest absolute Gasteiger partial charge is 0.136 e. The quantitative estimate of drug-likeness (QED) is 0.593. The summed E-state index contributed by atoms with van der Waals surface area (Å²) in [5, 5.41) is 8.91. The minimum atomic E-state index is 0.562. The molecule has 0 aromatic heterocycles. The second kappa shape index (κ2) is 10.3. The zero-order valence-electron chi connectivity index (χ0n) is 12.7. The maximum atomic E-state index is 8.91. The lowest BCUT2D eigenvalue weighted by molar-refractivity contribution is 0.116. The van der Waals surface area contributed by atoms with E-state index in [1.165, 1.54) is 32.1 Å². The average molecular weight is 275 g/mol. The molecule has 0 heterocycles. The molecule has 0 bridgehead atoms. The molecule has 0 atom stereocenters. The lowest BCUT2D eigenvalue weighted by atomic mass is 10.1. The van der Waals surface area contributed by atoms with Crippen LogP contribution in [0.3, 0.4) is 0 Å². The predicted molar refractivity (Wildman–Crippen MR) is 80.7 cm³/mol. The number of nitriles is 1. The van der Waals surface area contributed by atoms with Crippen LogP contribution in [-0.4, -0.2) is 13.7 Å². The summed E-state index contributed by atoms with van der Waals surface area (Å²) in [6.07, 6.45) is 7.64. The maximum absolute atomic E-state index is 8.91. The number of rotatable bonds is 10. The Balaban J connectivity index is 2.21. The molecule has 0 aliphatic carbocycles. The monoisotopic (exact) mass is 275 g/mol. The van der Waals surface area contributed by atoms with Crippen LogP contribution in [-0.2, 0) is 11.3 Å². The molecular weight excluding hydrogens is 250 g/mol. The number of nitrogens with zero attached hydrogens (tertiary/aromatic N) is 1. The molecule has 0 spiro atoms. The SMILES string of the molecule is CCCCCCCCOCc1ccc(C#N)c(OC)c1. The number of ether oxygens (including phenoxy) is 2. The van der Waals surface area contributed by atoms with E-state index in [1.807, 2.05) is 12.1 Å². The van der Waals surface area contributed by atoms with Crippen LogP contribution in [0.25, 0.3) is 0 Å². The van der Waals surface area contributed by atoms with E-state index in [0.717, 1.165) is 18.6 Å². The van der Waals surface area contributed by atoms with Gasteiger partial charge < -0.3 is 9.47 Å². The minimum Gasteiger partial charge on any atom is -0.495 e. The molecular formula is C17H25NO2. The lowest BCUT2D eigenvalue weighted by Crippen LogP contribution is -1.97. The van der Waals surface area contributed by atoms with Crippen molar-refractivity contribution in [1.29, 1.82) is 5.26 Å². The third-order valence-corrected chi connectivity index (χ3v) is 3.30. The van der Waals surface area contributed by atoms with Crippen LogP contribution in [0, 0.1) is 11.3 Å². The Kier molecular flexibility index (Phi) is 8.49. The van der Waals surface area contributed by atoms with Gasteiger partial charge in [-0.2, -0.15) is 5.26 Å². The fourth-order valence-corrected chi connectivity index (χ4v) is 2.09. The van der Waals surface area contributed by atoms with E-state index in [0.29, 0.717) is 17.9 Å². The van der Waals surface area contributed by atoms with Crippen molar-refractivity contribution in [2.45, 2.75) is 52.1 Å². The molecule has 0 aliphatic rings. The largest absolute Gasteiger partial charge is 0.495 e. The summed E-state index contributed by atoms with van der Waals surface area (Å²) in [5.41, 5.74) is 1.61. The van der Waals surface area contributed by atoms with Crippen LogP contribution < -0.4 is 4.74 Å². The van der Waals surface area contributed by atoms with E-state index in [-0.39, 0.29) is 0 Å². The molecule has 0 saturated heterocycles. The third-order valence-electron chi connectivity index (χ3n) is 3.30. The van der Waals surface area contributed by atoms with Crippen LogP contribution in [0.1, 0.15) is 56.6 Å². The molecule has 110 valence electrons. The molecule has 1 rings (SSSR count). The zero-order valence-corrected chi connectivity index (χ0v) is 12.7. The van der Waals surface area contributed by atoms with Crippen molar-refractivity contribution in [2.24, 2.45) is 0 Å². The van der Waals surface area contributed by atoms with Crippen LogP contribution in [0.4, 0.5) is 0 Å². The number of unbranched alkanes of at least 4 members (excludes halogenated alkanes) is 5. The van der Waals surface area contributed by atoms with Gasteiger partial charge in [-0.3, -0.25) is 0 Å². The highest BCUT2D eigenvalue weighted by molar-refractivity contribution is 5.45. The Morgan fingerprint density at radius 1 is 1.10 bits per heavy atom. The van der Waals surface area contributed by atoms with Crippen LogP contribution in [0.5, 0.6) is 5.75 Å². The van der Waals surface area contributed by atoms with Gasteiger partial charge in [-0.25, -0.2) is 0 Å². The van der Waals surface area contributed by atoms with Crippen molar-refractivity contribution in [3.8, 4) is 11.8 Å². The summed E-state index contributed by atoms with van der Waals surface area (Å²) in [4.78, 5) is 0. The topological polar surface area (TPSA) is 42.2 Å². The molecule has 3 heteroatoms. The van der Waals surface area contributed by atoms with Crippen molar-refractivity contribution in [3.05, 3.63) is 29.3 Å². The normalized spacial score (nSPS) is 10.2. The van der Waals surface area contributed by atoms with Crippen molar-refractivity contribution < 1.29 is 9.47 Å². The van der Waals surface area contributed by atoms with Gasteiger partial charge in [0.1, 0.15) is 11.8 Å². The van der Waals surface area contributed by atoms with Gasteiger partial charge in [0.25, 0.3) is 0 Å². The summed E-state index contributed by atoms with van der Waals surface area (Å²) in [6.45, 7) is 3.61. The van der Waals surface area contributed by atoms with Gasteiger partial charge in [-0.1, -0.05) is 45.1 Å². The third kappa shape index (κ3) is 6.08. The van der Waals surface area contributed by atoms with Gasteiger partial charge in [-0.15, -0.1) is 0 Å². The van der Waals surface area contributed by atoms with Gasteiger partial charge in [0.2, 0.25) is 0 Å². The molecule has 0 saturated carbocycles. The zero-order chi connectivity index (χ0) is 14.6. The van der Waals surface area contributed by atoms with Crippen LogP contribution in [0.15, 0.2) is 18.2 Å². The van der Waals surface area contributed by atoms with Gasteiger partial charge in [0.05, 0.1) is 19.3 Å². The number of benzene rings is 1. The van der Waals surface area contributed by atoms with Crippen molar-refractivity contribution in [1.82, 2.24) is 0 Å². The first-order valence-corrected chi connectivity index (χ1v) is 7.46. The molecule has 0 amide bonds. The molecule has 0 N–H and O–H groups in total. The highest BCUT2D eigenvalue weighted by atomic mass is 16.5. The first kappa shape index (κ1) is 16.5. The first-order chi connectivity index (χ1) is 9.81. The standard InChI is InChI=1S/C17H25NO2/c1-3-4-5-6-7-8-11-20-14-15-9-10-16(13-18)17(12-15)19-2/h9-10,12H,3-8,11,14H2,1-2H3. The predicted octanol–water partition coefficient (Wildman–Crippen LogP) is 4.44. The van der Waals surface area contributed by atoms with Gasteiger partial charge in [0, 0.05) is 6.61 Å². The number of hydrogen-bond donors (Lipinski definition) is 0. The summed E-state index contributed by atoms with van der Waals surface area (Å²) in [7, 11) is 1.58. The van der Waals surface area contributed by atoms with E-state index in [1.54, 1.807) is 13.2 Å². The van der Waals surface area contributed by atoms with Crippen LogP contribution in [0.2, 0.25) is 0 Å². The van der Waals surface area contributed by atoms with Gasteiger partial charge in [0.15, 0.2) is 0 Å². The maximum Gasteiger partial charge on any atom is 0.136 e. The summed E-state index contributed by atoms with van der Waals surface area (Å²) >= 11 is 0. The van der Waals surface area contributed by atoms with E-state index in [4.69, 9.17) is 14.7 Å². The fraction of sp³-hybridized carbons (Fsp3) is 0.588. The van der Waals surface area contributed by atoms with Crippen molar-refractivity contribution in [3.63, 3.8) is 0 Å². The van der Waals surface area contributed by atoms with Gasteiger partial charge >= 0.3 is 0 Å². The number of hydrogen-bond acceptors (Lipinski definition) is 3.